The first-order valence-corrected chi connectivity index (χ1v) is 8.62. The minimum Gasteiger partial charge on any atom is -0.493 e. The number of benzene rings is 1. The van der Waals surface area contributed by atoms with Crippen LogP contribution in [0.4, 0.5) is 0 Å². The number of hydrogen-bond acceptors (Lipinski definition) is 2. The predicted octanol–water partition coefficient (Wildman–Crippen LogP) is 5.12. The number of nitrogens with zero attached hydrogens (tertiary/aromatic N) is 1. The van der Waals surface area contributed by atoms with E-state index in [9.17, 15) is 0 Å². The average molecular weight is 314 g/mol. The molecule has 0 spiro atoms. The van der Waals surface area contributed by atoms with Crippen molar-refractivity contribution in [1.82, 2.24) is 10.2 Å². The Balaban J connectivity index is 1.74. The molecule has 0 bridgehead atoms. The van der Waals surface area contributed by atoms with E-state index in [-0.39, 0.29) is 5.41 Å². The molecule has 0 saturated carbocycles. The Labute approximate surface area is 140 Å². The van der Waals surface area contributed by atoms with Gasteiger partial charge in [0.05, 0.1) is 12.3 Å². The first-order valence-electron chi connectivity index (χ1n) is 8.62. The summed E-state index contributed by atoms with van der Waals surface area (Å²) in [6, 6.07) is 8.39. The summed E-state index contributed by atoms with van der Waals surface area (Å²) in [5.41, 5.74) is 5.12. The molecule has 23 heavy (non-hydrogen) atoms. The van der Waals surface area contributed by atoms with Crippen molar-refractivity contribution in [2.75, 3.05) is 6.61 Å². The molecule has 2 aromatic rings. The molecule has 1 heterocycles. The van der Waals surface area contributed by atoms with Crippen molar-refractivity contribution < 1.29 is 4.74 Å². The summed E-state index contributed by atoms with van der Waals surface area (Å²) in [6.45, 7) is 11.6. The monoisotopic (exact) mass is 314 g/mol. The smallest absolute Gasteiger partial charge is 0.123 e. The minimum absolute atomic E-state index is 0.118. The molecule has 3 nitrogen and oxygen atoms in total. The molecule has 2 rings (SSSR count). The van der Waals surface area contributed by atoms with Crippen molar-refractivity contribution in [2.45, 2.75) is 65.7 Å². The van der Waals surface area contributed by atoms with Crippen LogP contribution in [0.1, 0.15) is 62.5 Å². The highest BCUT2D eigenvalue weighted by atomic mass is 16.5. The van der Waals surface area contributed by atoms with Crippen LogP contribution in [0.15, 0.2) is 24.3 Å². The molecule has 0 radical (unpaired) electrons. The van der Waals surface area contributed by atoms with Crippen LogP contribution in [-0.4, -0.2) is 16.8 Å². The summed E-state index contributed by atoms with van der Waals surface area (Å²) < 4.78 is 6.03. The summed E-state index contributed by atoms with van der Waals surface area (Å²) in [5, 5.41) is 7.31. The van der Waals surface area contributed by atoms with Gasteiger partial charge in [-0.1, -0.05) is 39.0 Å². The molecule has 0 amide bonds. The van der Waals surface area contributed by atoms with Crippen LogP contribution >= 0.6 is 0 Å². The van der Waals surface area contributed by atoms with Gasteiger partial charge in [0, 0.05) is 5.69 Å². The zero-order valence-corrected chi connectivity index (χ0v) is 15.2. The van der Waals surface area contributed by atoms with E-state index < -0.39 is 0 Å². The lowest BCUT2D eigenvalue weighted by atomic mass is 9.86. The SMILES string of the molecule is Cc1n[nH]c(C)c1CCCCCOc1ccccc1C(C)(C)C. The quantitative estimate of drug-likeness (QED) is 0.721. The van der Waals surface area contributed by atoms with E-state index in [0.29, 0.717) is 0 Å². The fraction of sp³-hybridized carbons (Fsp3) is 0.550. The molecule has 0 unspecified atom stereocenters. The molecule has 3 heteroatoms. The van der Waals surface area contributed by atoms with Crippen molar-refractivity contribution >= 4 is 0 Å². The standard InChI is InChI=1S/C20H30N2O/c1-15-17(16(2)22-21-15)11-7-6-10-14-23-19-13-9-8-12-18(19)20(3,4)5/h8-9,12-13H,6-7,10-11,14H2,1-5H3,(H,21,22). The highest BCUT2D eigenvalue weighted by Gasteiger charge is 2.18. The fourth-order valence-electron chi connectivity index (χ4n) is 2.92. The summed E-state index contributed by atoms with van der Waals surface area (Å²) in [6.07, 6.45) is 4.56. The van der Waals surface area contributed by atoms with Crippen molar-refractivity contribution in [3.63, 3.8) is 0 Å². The molecule has 0 atom stereocenters. The van der Waals surface area contributed by atoms with Crippen LogP contribution in [0, 0.1) is 13.8 Å². The third kappa shape index (κ3) is 4.85. The number of H-pyrrole nitrogens is 1. The number of rotatable bonds is 7. The van der Waals surface area contributed by atoms with Crippen LogP contribution in [0.2, 0.25) is 0 Å². The van der Waals surface area contributed by atoms with Gasteiger partial charge in [0.25, 0.3) is 0 Å². The number of aromatic nitrogens is 2. The van der Waals surface area contributed by atoms with Gasteiger partial charge in [-0.2, -0.15) is 5.10 Å². The third-order valence-electron chi connectivity index (χ3n) is 4.30. The zero-order chi connectivity index (χ0) is 16.9. The Morgan fingerprint density at radius 2 is 1.78 bits per heavy atom. The lowest BCUT2D eigenvalue weighted by molar-refractivity contribution is 0.297. The van der Waals surface area contributed by atoms with E-state index >= 15 is 0 Å². The summed E-state index contributed by atoms with van der Waals surface area (Å²) in [5.74, 6) is 1.03. The van der Waals surface area contributed by atoms with Gasteiger partial charge in [-0.25, -0.2) is 0 Å². The number of unbranched alkanes of at least 4 members (excludes halogenated alkanes) is 2. The normalized spacial score (nSPS) is 11.7. The maximum absolute atomic E-state index is 6.03. The topological polar surface area (TPSA) is 37.9 Å². The molecule has 0 aliphatic rings. The number of aryl methyl sites for hydroxylation is 2. The number of hydrogen-bond donors (Lipinski definition) is 1. The van der Waals surface area contributed by atoms with E-state index in [1.54, 1.807) is 0 Å². The Morgan fingerprint density at radius 3 is 2.43 bits per heavy atom. The van der Waals surface area contributed by atoms with Crippen molar-refractivity contribution in [3.05, 3.63) is 46.8 Å². The second-order valence-corrected chi connectivity index (χ2v) is 7.32. The summed E-state index contributed by atoms with van der Waals surface area (Å²) in [7, 11) is 0. The summed E-state index contributed by atoms with van der Waals surface area (Å²) in [4.78, 5) is 0. The molecular weight excluding hydrogens is 284 g/mol. The Bertz CT molecular complexity index is 603. The molecular formula is C20H30N2O. The van der Waals surface area contributed by atoms with Crippen molar-refractivity contribution in [3.8, 4) is 5.75 Å². The zero-order valence-electron chi connectivity index (χ0n) is 15.2. The van der Waals surface area contributed by atoms with Gasteiger partial charge in [0.2, 0.25) is 0 Å². The molecule has 0 saturated heterocycles. The number of nitrogens with one attached hydrogen (secondary N) is 1. The summed E-state index contributed by atoms with van der Waals surface area (Å²) >= 11 is 0. The number of aromatic amines is 1. The van der Waals surface area contributed by atoms with Crippen LogP contribution in [-0.2, 0) is 11.8 Å². The number of para-hydroxylation sites is 1. The van der Waals surface area contributed by atoms with Gasteiger partial charge in [-0.3, -0.25) is 5.10 Å². The highest BCUT2D eigenvalue weighted by molar-refractivity contribution is 5.38. The maximum Gasteiger partial charge on any atom is 0.123 e. The van der Waals surface area contributed by atoms with Gasteiger partial charge in [0.15, 0.2) is 0 Å². The largest absolute Gasteiger partial charge is 0.493 e. The fourth-order valence-corrected chi connectivity index (χ4v) is 2.92. The van der Waals surface area contributed by atoms with E-state index in [2.05, 4.69) is 69.1 Å². The lowest BCUT2D eigenvalue weighted by Crippen LogP contribution is -2.13. The van der Waals surface area contributed by atoms with Gasteiger partial charge in [-0.05, 0) is 62.1 Å². The molecule has 0 aliphatic heterocycles. The van der Waals surface area contributed by atoms with Crippen molar-refractivity contribution in [1.29, 1.82) is 0 Å². The second-order valence-electron chi connectivity index (χ2n) is 7.32. The molecule has 126 valence electrons. The Kier molecular flexibility index (Phi) is 5.86. The van der Waals surface area contributed by atoms with E-state index in [4.69, 9.17) is 4.74 Å². The molecule has 1 aromatic heterocycles. The van der Waals surface area contributed by atoms with Gasteiger partial charge in [-0.15, -0.1) is 0 Å². The van der Waals surface area contributed by atoms with Crippen LogP contribution in [0.5, 0.6) is 5.75 Å². The third-order valence-corrected chi connectivity index (χ3v) is 4.30. The van der Waals surface area contributed by atoms with Crippen molar-refractivity contribution in [2.24, 2.45) is 0 Å². The first-order chi connectivity index (χ1) is 10.9. The minimum atomic E-state index is 0.118. The van der Waals surface area contributed by atoms with Crippen LogP contribution in [0.25, 0.3) is 0 Å². The first kappa shape index (κ1) is 17.6. The van der Waals surface area contributed by atoms with E-state index in [0.717, 1.165) is 30.9 Å². The van der Waals surface area contributed by atoms with Gasteiger partial charge >= 0.3 is 0 Å². The highest BCUT2D eigenvalue weighted by Crippen LogP contribution is 2.31. The predicted molar refractivity (Wildman–Crippen MR) is 96.3 cm³/mol. The van der Waals surface area contributed by atoms with E-state index in [1.165, 1.54) is 29.7 Å². The number of ether oxygens (including phenoxy) is 1. The second kappa shape index (κ2) is 7.67. The van der Waals surface area contributed by atoms with Gasteiger partial charge in [0.1, 0.15) is 5.75 Å². The average Bonchev–Trinajstić information content (AvgIpc) is 2.81. The van der Waals surface area contributed by atoms with Crippen LogP contribution < -0.4 is 4.74 Å². The van der Waals surface area contributed by atoms with E-state index in [1.807, 2.05) is 0 Å². The van der Waals surface area contributed by atoms with Crippen LogP contribution in [0.3, 0.4) is 0 Å². The lowest BCUT2D eigenvalue weighted by Gasteiger charge is -2.22. The Hall–Kier alpha value is -1.77. The molecule has 1 aromatic carbocycles. The molecule has 0 fully saturated rings. The molecule has 0 aliphatic carbocycles. The maximum atomic E-state index is 6.03. The molecule has 1 N–H and O–H groups in total. The Morgan fingerprint density at radius 1 is 1.04 bits per heavy atom. The van der Waals surface area contributed by atoms with Gasteiger partial charge < -0.3 is 4.74 Å².